The van der Waals surface area contributed by atoms with Gasteiger partial charge in [0.15, 0.2) is 16.7 Å². The average molecular weight is 363 g/mol. The molecule has 0 aliphatic carbocycles. The highest BCUT2D eigenvalue weighted by molar-refractivity contribution is 7.80. The van der Waals surface area contributed by atoms with E-state index >= 15 is 0 Å². The molecule has 26 heavy (non-hydrogen) atoms. The zero-order valence-corrected chi connectivity index (χ0v) is 15.6. The minimum Gasteiger partial charge on any atom is -0.493 e. The molecule has 0 amide bonds. The van der Waals surface area contributed by atoms with Gasteiger partial charge in [-0.15, -0.1) is 0 Å². The molecule has 1 unspecified atom stereocenters. The molecule has 0 aliphatic heterocycles. The highest BCUT2D eigenvalue weighted by Gasteiger charge is 2.16. The van der Waals surface area contributed by atoms with Crippen LogP contribution in [0.3, 0.4) is 0 Å². The van der Waals surface area contributed by atoms with Crippen LogP contribution in [0.15, 0.2) is 72.9 Å². The fourth-order valence-electron chi connectivity index (χ4n) is 2.78. The number of nitrogens with one attached hydrogen (secondary N) is 2. The molecule has 5 heteroatoms. The van der Waals surface area contributed by atoms with Crippen molar-refractivity contribution in [3.05, 3.63) is 89.6 Å². The fraction of sp³-hybridized carbons (Fsp3) is 0.143. The number of rotatable bonds is 5. The molecule has 0 bridgehead atoms. The number of benzene rings is 2. The molecule has 1 atom stereocenters. The fourth-order valence-corrected chi connectivity index (χ4v) is 2.99. The lowest BCUT2D eigenvalue weighted by atomic mass is 9.97. The number of ether oxygens (including phenoxy) is 1. The van der Waals surface area contributed by atoms with Crippen molar-refractivity contribution in [3.63, 3.8) is 0 Å². The molecule has 3 aromatic rings. The average Bonchev–Trinajstić information content (AvgIpc) is 2.67. The molecule has 0 saturated heterocycles. The smallest absolute Gasteiger partial charge is 0.174 e. The summed E-state index contributed by atoms with van der Waals surface area (Å²) in [5.41, 5.74) is 3.49. The summed E-state index contributed by atoms with van der Waals surface area (Å²) in [5, 5.41) is 7.02. The Morgan fingerprint density at radius 2 is 1.77 bits per heavy atom. The zero-order chi connectivity index (χ0) is 18.4. The molecular weight excluding hydrogens is 342 g/mol. The van der Waals surface area contributed by atoms with E-state index in [2.05, 4.69) is 58.9 Å². The normalized spacial score (nSPS) is 11.5. The van der Waals surface area contributed by atoms with Gasteiger partial charge in [-0.3, -0.25) is 0 Å². The molecule has 1 heterocycles. The van der Waals surface area contributed by atoms with E-state index in [1.807, 2.05) is 30.3 Å². The van der Waals surface area contributed by atoms with E-state index in [1.54, 1.807) is 13.3 Å². The van der Waals surface area contributed by atoms with Gasteiger partial charge in [0.2, 0.25) is 0 Å². The number of methoxy groups -OCH3 is 1. The third-order valence-electron chi connectivity index (χ3n) is 4.01. The van der Waals surface area contributed by atoms with Crippen LogP contribution >= 0.6 is 12.2 Å². The summed E-state index contributed by atoms with van der Waals surface area (Å²) in [7, 11) is 1.61. The van der Waals surface area contributed by atoms with Crippen LogP contribution in [0, 0.1) is 6.92 Å². The number of aromatic nitrogens is 1. The molecule has 0 saturated carbocycles. The van der Waals surface area contributed by atoms with E-state index < -0.39 is 0 Å². The Morgan fingerprint density at radius 1 is 1.00 bits per heavy atom. The van der Waals surface area contributed by atoms with E-state index in [-0.39, 0.29) is 6.04 Å². The summed E-state index contributed by atoms with van der Waals surface area (Å²) < 4.78 is 5.32. The maximum Gasteiger partial charge on any atom is 0.174 e. The quantitative estimate of drug-likeness (QED) is 0.655. The first-order chi connectivity index (χ1) is 12.7. The number of hydrogen-bond acceptors (Lipinski definition) is 3. The van der Waals surface area contributed by atoms with Gasteiger partial charge in [-0.2, -0.15) is 0 Å². The molecule has 2 N–H and O–H groups in total. The molecule has 0 aliphatic rings. The van der Waals surface area contributed by atoms with Crippen LogP contribution in [0.25, 0.3) is 0 Å². The second-order valence-electron chi connectivity index (χ2n) is 5.91. The van der Waals surface area contributed by atoms with Crippen molar-refractivity contribution in [2.24, 2.45) is 0 Å². The second-order valence-corrected chi connectivity index (χ2v) is 6.32. The first-order valence-electron chi connectivity index (χ1n) is 8.35. The number of hydrogen-bond donors (Lipinski definition) is 2. The standard InChI is InChI=1S/C21H21N3OS/c1-15-8-6-11-17(14-15)19(16-9-4-3-5-10-16)23-21(26)24-20-18(25-2)12-7-13-22-20/h3-14,19H,1-2H3,(H2,22,23,24,26). The lowest BCUT2D eigenvalue weighted by Gasteiger charge is -2.22. The predicted octanol–water partition coefficient (Wildman–Crippen LogP) is 4.47. The molecule has 0 fully saturated rings. The van der Waals surface area contributed by atoms with Gasteiger partial charge in [0, 0.05) is 6.20 Å². The van der Waals surface area contributed by atoms with Crippen molar-refractivity contribution in [1.29, 1.82) is 0 Å². The SMILES string of the molecule is COc1cccnc1NC(=S)NC(c1ccccc1)c1cccc(C)c1. The topological polar surface area (TPSA) is 46.2 Å². The summed E-state index contributed by atoms with van der Waals surface area (Å²) in [6.45, 7) is 2.08. The van der Waals surface area contributed by atoms with E-state index in [0.717, 1.165) is 11.1 Å². The highest BCUT2D eigenvalue weighted by atomic mass is 32.1. The Bertz CT molecular complexity index is 883. The first kappa shape index (κ1) is 17.9. The van der Waals surface area contributed by atoms with Gasteiger partial charge in [0.05, 0.1) is 13.2 Å². The summed E-state index contributed by atoms with van der Waals surface area (Å²) in [6.07, 6.45) is 1.70. The zero-order valence-electron chi connectivity index (χ0n) is 14.8. The van der Waals surface area contributed by atoms with E-state index in [9.17, 15) is 0 Å². The van der Waals surface area contributed by atoms with Crippen LogP contribution in [0.5, 0.6) is 5.75 Å². The third-order valence-corrected chi connectivity index (χ3v) is 4.23. The van der Waals surface area contributed by atoms with Crippen molar-refractivity contribution >= 4 is 23.1 Å². The molecule has 1 aromatic heterocycles. The first-order valence-corrected chi connectivity index (χ1v) is 8.76. The van der Waals surface area contributed by atoms with Crippen molar-refractivity contribution in [2.75, 3.05) is 12.4 Å². The summed E-state index contributed by atoms with van der Waals surface area (Å²) in [6, 6.07) is 22.2. The lowest BCUT2D eigenvalue weighted by molar-refractivity contribution is 0.415. The molecule has 2 aromatic carbocycles. The Morgan fingerprint density at radius 3 is 2.50 bits per heavy atom. The Balaban J connectivity index is 1.85. The van der Waals surface area contributed by atoms with Crippen LogP contribution in [-0.2, 0) is 0 Å². The predicted molar refractivity (Wildman–Crippen MR) is 110 cm³/mol. The largest absolute Gasteiger partial charge is 0.493 e. The van der Waals surface area contributed by atoms with Gasteiger partial charge in [-0.05, 0) is 42.4 Å². The van der Waals surface area contributed by atoms with E-state index in [4.69, 9.17) is 17.0 Å². The van der Waals surface area contributed by atoms with Gasteiger partial charge < -0.3 is 15.4 Å². The summed E-state index contributed by atoms with van der Waals surface area (Å²) >= 11 is 5.53. The number of nitrogens with zero attached hydrogens (tertiary/aromatic N) is 1. The van der Waals surface area contributed by atoms with Gasteiger partial charge >= 0.3 is 0 Å². The van der Waals surface area contributed by atoms with Crippen LogP contribution in [-0.4, -0.2) is 17.2 Å². The van der Waals surface area contributed by atoms with Crippen LogP contribution in [0.2, 0.25) is 0 Å². The molecular formula is C21H21N3OS. The minimum absolute atomic E-state index is 0.0641. The van der Waals surface area contributed by atoms with Gasteiger partial charge in [0.1, 0.15) is 0 Å². The number of anilines is 1. The van der Waals surface area contributed by atoms with E-state index in [1.165, 1.54) is 5.56 Å². The Kier molecular flexibility index (Phi) is 5.81. The van der Waals surface area contributed by atoms with Crippen molar-refractivity contribution < 1.29 is 4.74 Å². The second kappa shape index (κ2) is 8.45. The van der Waals surface area contributed by atoms with Gasteiger partial charge in [-0.25, -0.2) is 4.98 Å². The number of thiocarbonyl (C=S) groups is 1. The Hall–Kier alpha value is -2.92. The molecule has 3 rings (SSSR count). The molecule has 132 valence electrons. The van der Waals surface area contributed by atoms with Crippen molar-refractivity contribution in [1.82, 2.24) is 10.3 Å². The van der Waals surface area contributed by atoms with Crippen LogP contribution in [0.4, 0.5) is 5.82 Å². The molecule has 0 spiro atoms. The third kappa shape index (κ3) is 4.37. The monoisotopic (exact) mass is 363 g/mol. The summed E-state index contributed by atoms with van der Waals surface area (Å²) in [5.74, 6) is 1.23. The maximum absolute atomic E-state index is 5.53. The minimum atomic E-state index is -0.0641. The Labute approximate surface area is 159 Å². The lowest BCUT2D eigenvalue weighted by Crippen LogP contribution is -2.33. The molecule has 4 nitrogen and oxygen atoms in total. The van der Waals surface area contributed by atoms with Crippen molar-refractivity contribution in [2.45, 2.75) is 13.0 Å². The van der Waals surface area contributed by atoms with Gasteiger partial charge in [0.25, 0.3) is 0 Å². The summed E-state index contributed by atoms with van der Waals surface area (Å²) in [4.78, 5) is 4.29. The number of pyridine rings is 1. The van der Waals surface area contributed by atoms with Crippen molar-refractivity contribution in [3.8, 4) is 5.75 Å². The molecule has 0 radical (unpaired) electrons. The van der Waals surface area contributed by atoms with Crippen LogP contribution < -0.4 is 15.4 Å². The van der Waals surface area contributed by atoms with Crippen LogP contribution in [0.1, 0.15) is 22.7 Å². The van der Waals surface area contributed by atoms with E-state index in [0.29, 0.717) is 16.7 Å². The maximum atomic E-state index is 5.53. The number of aryl methyl sites for hydroxylation is 1. The highest BCUT2D eigenvalue weighted by Crippen LogP contribution is 2.24. The van der Waals surface area contributed by atoms with Gasteiger partial charge in [-0.1, -0.05) is 60.2 Å².